The van der Waals surface area contributed by atoms with Gasteiger partial charge in [-0.25, -0.2) is 0 Å². The minimum absolute atomic E-state index is 0.0285. The lowest BCUT2D eigenvalue weighted by Gasteiger charge is -2.20. The Labute approximate surface area is 129 Å². The summed E-state index contributed by atoms with van der Waals surface area (Å²) in [6.07, 6.45) is 0. The molecule has 112 valence electrons. The normalized spacial score (nSPS) is 11.3. The predicted octanol–water partition coefficient (Wildman–Crippen LogP) is 3.93. The number of benzene rings is 1. The SMILES string of the molecule is COc1nc(Cl)nc(Oc2ccc(C(C)(C)C)cc2C)n1. The highest BCUT2D eigenvalue weighted by Gasteiger charge is 2.15. The van der Waals surface area contributed by atoms with E-state index in [0.29, 0.717) is 5.75 Å². The van der Waals surface area contributed by atoms with Crippen molar-refractivity contribution >= 4 is 11.6 Å². The van der Waals surface area contributed by atoms with Gasteiger partial charge in [-0.1, -0.05) is 32.9 Å². The minimum atomic E-state index is 0.0285. The van der Waals surface area contributed by atoms with E-state index in [4.69, 9.17) is 21.1 Å². The van der Waals surface area contributed by atoms with Gasteiger partial charge in [0, 0.05) is 0 Å². The molecule has 0 spiro atoms. The molecule has 0 atom stereocenters. The highest BCUT2D eigenvalue weighted by Crippen LogP contribution is 2.29. The van der Waals surface area contributed by atoms with E-state index in [1.807, 2.05) is 19.1 Å². The predicted molar refractivity (Wildman–Crippen MR) is 81.3 cm³/mol. The van der Waals surface area contributed by atoms with Crippen molar-refractivity contribution in [3.05, 3.63) is 34.6 Å². The molecule has 21 heavy (non-hydrogen) atoms. The number of nitrogens with zero attached hydrogens (tertiary/aromatic N) is 3. The van der Waals surface area contributed by atoms with E-state index < -0.39 is 0 Å². The molecule has 0 saturated carbocycles. The van der Waals surface area contributed by atoms with Gasteiger partial charge in [0.05, 0.1) is 7.11 Å². The third-order valence-electron chi connectivity index (χ3n) is 2.99. The van der Waals surface area contributed by atoms with Crippen LogP contribution in [0, 0.1) is 6.92 Å². The number of hydrogen-bond acceptors (Lipinski definition) is 5. The maximum absolute atomic E-state index is 5.80. The van der Waals surface area contributed by atoms with E-state index in [9.17, 15) is 0 Å². The quantitative estimate of drug-likeness (QED) is 0.860. The van der Waals surface area contributed by atoms with Crippen LogP contribution in [0.1, 0.15) is 31.9 Å². The van der Waals surface area contributed by atoms with Gasteiger partial charge in [-0.3, -0.25) is 0 Å². The lowest BCUT2D eigenvalue weighted by atomic mass is 9.86. The number of aryl methyl sites for hydroxylation is 1. The van der Waals surface area contributed by atoms with Crippen molar-refractivity contribution in [3.63, 3.8) is 0 Å². The van der Waals surface area contributed by atoms with E-state index >= 15 is 0 Å². The molecule has 0 N–H and O–H groups in total. The number of methoxy groups -OCH3 is 1. The third-order valence-corrected chi connectivity index (χ3v) is 3.16. The second kappa shape index (κ2) is 5.85. The Bertz CT molecular complexity index is 654. The van der Waals surface area contributed by atoms with Crippen LogP contribution >= 0.6 is 11.6 Å². The van der Waals surface area contributed by atoms with Gasteiger partial charge < -0.3 is 9.47 Å². The van der Waals surface area contributed by atoms with Crippen LogP contribution in [-0.4, -0.2) is 22.1 Å². The molecule has 0 aliphatic carbocycles. The zero-order valence-electron chi connectivity index (χ0n) is 12.8. The van der Waals surface area contributed by atoms with Gasteiger partial charge in [0.25, 0.3) is 0 Å². The summed E-state index contributed by atoms with van der Waals surface area (Å²) in [5, 5.41) is 0.0285. The highest BCUT2D eigenvalue weighted by atomic mass is 35.5. The maximum atomic E-state index is 5.80. The molecule has 1 heterocycles. The number of aromatic nitrogens is 3. The highest BCUT2D eigenvalue weighted by molar-refractivity contribution is 6.28. The van der Waals surface area contributed by atoms with Crippen LogP contribution in [0.15, 0.2) is 18.2 Å². The zero-order valence-corrected chi connectivity index (χ0v) is 13.5. The third kappa shape index (κ3) is 3.82. The van der Waals surface area contributed by atoms with Crippen LogP contribution in [0.2, 0.25) is 5.28 Å². The summed E-state index contributed by atoms with van der Waals surface area (Å²) >= 11 is 5.80. The molecule has 0 unspecified atom stereocenters. The maximum Gasteiger partial charge on any atom is 0.329 e. The van der Waals surface area contributed by atoms with Gasteiger partial charge in [-0.05, 0) is 41.1 Å². The van der Waals surface area contributed by atoms with Crippen molar-refractivity contribution in [1.29, 1.82) is 0 Å². The number of hydrogen-bond donors (Lipinski definition) is 0. The first-order valence-corrected chi connectivity index (χ1v) is 6.92. The van der Waals surface area contributed by atoms with Crippen molar-refractivity contribution in [1.82, 2.24) is 15.0 Å². The van der Waals surface area contributed by atoms with Gasteiger partial charge in [0.2, 0.25) is 5.28 Å². The summed E-state index contributed by atoms with van der Waals surface area (Å²) in [6, 6.07) is 6.25. The first-order chi connectivity index (χ1) is 9.79. The number of ether oxygens (including phenoxy) is 2. The molecule has 0 saturated heterocycles. The van der Waals surface area contributed by atoms with E-state index in [-0.39, 0.29) is 22.7 Å². The average Bonchev–Trinajstić information content (AvgIpc) is 2.39. The van der Waals surface area contributed by atoms with Gasteiger partial charge in [0.15, 0.2) is 0 Å². The molecule has 0 aliphatic rings. The van der Waals surface area contributed by atoms with E-state index in [1.165, 1.54) is 12.7 Å². The number of halogens is 1. The summed E-state index contributed by atoms with van der Waals surface area (Å²) in [4.78, 5) is 11.7. The molecule has 0 radical (unpaired) electrons. The molecule has 1 aromatic carbocycles. The van der Waals surface area contributed by atoms with E-state index in [0.717, 1.165) is 5.56 Å². The van der Waals surface area contributed by atoms with Crippen LogP contribution in [0.25, 0.3) is 0 Å². The monoisotopic (exact) mass is 307 g/mol. The lowest BCUT2D eigenvalue weighted by molar-refractivity contribution is 0.358. The fourth-order valence-corrected chi connectivity index (χ4v) is 1.92. The first-order valence-electron chi connectivity index (χ1n) is 6.54. The van der Waals surface area contributed by atoms with Gasteiger partial charge >= 0.3 is 12.0 Å². The Hall–Kier alpha value is -1.88. The molecule has 0 amide bonds. The fraction of sp³-hybridized carbons (Fsp3) is 0.400. The van der Waals surface area contributed by atoms with Crippen molar-refractivity contribution in [3.8, 4) is 17.8 Å². The Kier molecular flexibility index (Phi) is 4.32. The average molecular weight is 308 g/mol. The van der Waals surface area contributed by atoms with E-state index in [2.05, 4.69) is 41.8 Å². The molecule has 1 aromatic heterocycles. The molecule has 5 nitrogen and oxygen atoms in total. The molecule has 2 aromatic rings. The Morgan fingerprint density at radius 3 is 2.29 bits per heavy atom. The standard InChI is InChI=1S/C15H18ClN3O2/c1-9-8-10(15(2,3)4)6-7-11(9)21-14-18-12(16)17-13(19-14)20-5/h6-8H,1-5H3. The molecule has 2 rings (SSSR count). The summed E-state index contributed by atoms with van der Waals surface area (Å²) in [6.45, 7) is 8.47. The molecule has 0 bridgehead atoms. The minimum Gasteiger partial charge on any atom is -0.467 e. The lowest BCUT2D eigenvalue weighted by Crippen LogP contribution is -2.11. The summed E-state index contributed by atoms with van der Waals surface area (Å²) in [5.74, 6) is 0.673. The molecule has 6 heteroatoms. The van der Waals surface area contributed by atoms with Gasteiger partial charge in [-0.15, -0.1) is 4.98 Å². The second-order valence-corrected chi connectivity index (χ2v) is 6.04. The summed E-state index contributed by atoms with van der Waals surface area (Å²) in [7, 11) is 1.46. The van der Waals surface area contributed by atoms with Gasteiger partial charge in [-0.2, -0.15) is 9.97 Å². The second-order valence-electron chi connectivity index (χ2n) is 5.71. The van der Waals surface area contributed by atoms with Crippen molar-refractivity contribution < 1.29 is 9.47 Å². The van der Waals surface area contributed by atoms with Gasteiger partial charge in [0.1, 0.15) is 5.75 Å². The summed E-state index contributed by atoms with van der Waals surface area (Å²) < 4.78 is 10.6. The molecular formula is C15H18ClN3O2. The Morgan fingerprint density at radius 1 is 1.05 bits per heavy atom. The molecular weight excluding hydrogens is 290 g/mol. The van der Waals surface area contributed by atoms with Crippen molar-refractivity contribution in [2.75, 3.05) is 7.11 Å². The van der Waals surface area contributed by atoms with E-state index in [1.54, 1.807) is 0 Å². The Balaban J connectivity index is 2.30. The van der Waals surface area contributed by atoms with Crippen LogP contribution in [-0.2, 0) is 5.41 Å². The zero-order chi connectivity index (χ0) is 15.6. The Morgan fingerprint density at radius 2 is 1.71 bits per heavy atom. The number of rotatable bonds is 3. The first kappa shape index (κ1) is 15.5. The van der Waals surface area contributed by atoms with Crippen LogP contribution in [0.4, 0.5) is 0 Å². The van der Waals surface area contributed by atoms with Crippen LogP contribution in [0.5, 0.6) is 17.8 Å². The molecule has 0 aliphatic heterocycles. The smallest absolute Gasteiger partial charge is 0.329 e. The molecule has 0 fully saturated rings. The summed E-state index contributed by atoms with van der Waals surface area (Å²) in [5.41, 5.74) is 2.32. The van der Waals surface area contributed by atoms with Crippen LogP contribution in [0.3, 0.4) is 0 Å². The largest absolute Gasteiger partial charge is 0.467 e. The topological polar surface area (TPSA) is 57.1 Å². The van der Waals surface area contributed by atoms with Crippen molar-refractivity contribution in [2.24, 2.45) is 0 Å². The fourth-order valence-electron chi connectivity index (χ4n) is 1.78. The van der Waals surface area contributed by atoms with Crippen LogP contribution < -0.4 is 9.47 Å². The van der Waals surface area contributed by atoms with Crippen molar-refractivity contribution in [2.45, 2.75) is 33.1 Å².